The van der Waals surface area contributed by atoms with Crippen molar-refractivity contribution in [1.82, 2.24) is 15.2 Å². The van der Waals surface area contributed by atoms with Gasteiger partial charge in [-0.15, -0.1) is 0 Å². The standard InChI is InChI=1S/C17H15N3O3S/c1-23-13-4-2-11(3-5-13)6-12-8-24-9-14(12)15(21)7-16(22)17-18-10-19-20-17/h2-5,7-10,22H,6H2,1H3,(H,18,19,20). The Hall–Kier alpha value is -2.93. The lowest BCUT2D eigenvalue weighted by molar-refractivity contribution is 0.104. The van der Waals surface area contributed by atoms with Crippen LogP contribution in [0.1, 0.15) is 27.3 Å². The lowest BCUT2D eigenvalue weighted by atomic mass is 10.0. The van der Waals surface area contributed by atoms with E-state index in [0.717, 1.165) is 23.0 Å². The average molecular weight is 341 g/mol. The van der Waals surface area contributed by atoms with Crippen molar-refractivity contribution in [3.8, 4) is 5.75 Å². The Balaban J connectivity index is 1.79. The monoisotopic (exact) mass is 341 g/mol. The molecule has 2 heterocycles. The first-order chi connectivity index (χ1) is 11.7. The van der Waals surface area contributed by atoms with Gasteiger partial charge in [-0.2, -0.15) is 16.4 Å². The van der Waals surface area contributed by atoms with Crippen LogP contribution in [-0.2, 0) is 6.42 Å². The fourth-order valence-electron chi connectivity index (χ4n) is 2.24. The van der Waals surface area contributed by atoms with E-state index in [1.54, 1.807) is 12.5 Å². The summed E-state index contributed by atoms with van der Waals surface area (Å²) in [6.45, 7) is 0. The number of hydrogen-bond donors (Lipinski definition) is 2. The zero-order valence-electron chi connectivity index (χ0n) is 12.9. The van der Waals surface area contributed by atoms with E-state index in [1.807, 2.05) is 29.6 Å². The maximum absolute atomic E-state index is 12.4. The van der Waals surface area contributed by atoms with E-state index in [9.17, 15) is 9.90 Å². The van der Waals surface area contributed by atoms with Crippen LogP contribution in [0.4, 0.5) is 0 Å². The minimum Gasteiger partial charge on any atom is -0.504 e. The topological polar surface area (TPSA) is 88.1 Å². The van der Waals surface area contributed by atoms with Gasteiger partial charge in [0, 0.05) is 17.0 Å². The first-order valence-electron chi connectivity index (χ1n) is 7.16. The molecule has 0 aliphatic rings. The summed E-state index contributed by atoms with van der Waals surface area (Å²) in [5.41, 5.74) is 2.55. The van der Waals surface area contributed by atoms with E-state index >= 15 is 0 Å². The van der Waals surface area contributed by atoms with Crippen molar-refractivity contribution in [2.75, 3.05) is 7.11 Å². The van der Waals surface area contributed by atoms with Gasteiger partial charge in [0.15, 0.2) is 11.5 Å². The van der Waals surface area contributed by atoms with Crippen LogP contribution < -0.4 is 4.74 Å². The Kier molecular flexibility index (Phi) is 4.72. The summed E-state index contributed by atoms with van der Waals surface area (Å²) < 4.78 is 5.14. The van der Waals surface area contributed by atoms with Gasteiger partial charge in [0.05, 0.1) is 7.11 Å². The van der Waals surface area contributed by atoms with Gasteiger partial charge in [-0.25, -0.2) is 4.98 Å². The van der Waals surface area contributed by atoms with Crippen molar-refractivity contribution in [2.45, 2.75) is 6.42 Å². The Bertz CT molecular complexity index is 852. The number of nitrogens with zero attached hydrogens (tertiary/aromatic N) is 2. The summed E-state index contributed by atoms with van der Waals surface area (Å²) in [5.74, 6) is 0.347. The molecule has 122 valence electrons. The maximum Gasteiger partial charge on any atom is 0.215 e. The fraction of sp³-hybridized carbons (Fsp3) is 0.118. The molecule has 3 rings (SSSR count). The van der Waals surface area contributed by atoms with Crippen molar-refractivity contribution in [3.63, 3.8) is 0 Å². The summed E-state index contributed by atoms with van der Waals surface area (Å²) in [5, 5.41) is 19.9. The number of hydrogen-bond acceptors (Lipinski definition) is 6. The van der Waals surface area contributed by atoms with E-state index in [-0.39, 0.29) is 17.4 Å². The van der Waals surface area contributed by atoms with Crippen molar-refractivity contribution in [1.29, 1.82) is 0 Å². The lowest BCUT2D eigenvalue weighted by Crippen LogP contribution is -2.00. The lowest BCUT2D eigenvalue weighted by Gasteiger charge is -2.04. The number of ketones is 1. The smallest absolute Gasteiger partial charge is 0.215 e. The molecule has 7 heteroatoms. The number of nitrogens with one attached hydrogen (secondary N) is 1. The first-order valence-corrected chi connectivity index (χ1v) is 8.11. The molecule has 0 bridgehead atoms. The van der Waals surface area contributed by atoms with Crippen molar-refractivity contribution >= 4 is 22.9 Å². The number of thiophene rings is 1. The number of carbonyl (C=O) groups excluding carboxylic acids is 1. The summed E-state index contributed by atoms with van der Waals surface area (Å²) in [7, 11) is 1.62. The molecule has 0 spiro atoms. The highest BCUT2D eigenvalue weighted by atomic mass is 32.1. The first kappa shape index (κ1) is 15.9. The minimum atomic E-state index is -0.276. The molecule has 2 aromatic heterocycles. The Morgan fingerprint density at radius 3 is 2.79 bits per heavy atom. The molecule has 24 heavy (non-hydrogen) atoms. The zero-order chi connectivity index (χ0) is 16.9. The van der Waals surface area contributed by atoms with Crippen molar-refractivity contribution in [2.24, 2.45) is 0 Å². The van der Waals surface area contributed by atoms with Gasteiger partial charge in [-0.05, 0) is 35.1 Å². The zero-order valence-corrected chi connectivity index (χ0v) is 13.7. The Morgan fingerprint density at radius 1 is 1.33 bits per heavy atom. The van der Waals surface area contributed by atoms with Gasteiger partial charge >= 0.3 is 0 Å². The number of aliphatic hydroxyl groups is 1. The van der Waals surface area contributed by atoms with E-state index in [0.29, 0.717) is 12.0 Å². The van der Waals surface area contributed by atoms with Crippen molar-refractivity contribution in [3.05, 3.63) is 69.9 Å². The van der Waals surface area contributed by atoms with E-state index in [1.165, 1.54) is 17.7 Å². The summed E-state index contributed by atoms with van der Waals surface area (Å²) in [4.78, 5) is 16.2. The van der Waals surface area contributed by atoms with E-state index in [2.05, 4.69) is 15.2 Å². The SMILES string of the molecule is COc1ccc(Cc2cscc2C(=O)C=C(O)c2nc[nH]n2)cc1. The fourth-order valence-corrected chi connectivity index (χ4v) is 3.08. The highest BCUT2D eigenvalue weighted by Gasteiger charge is 2.14. The highest BCUT2D eigenvalue weighted by Crippen LogP contribution is 2.22. The summed E-state index contributed by atoms with van der Waals surface area (Å²) in [6.07, 6.45) is 3.11. The number of rotatable bonds is 6. The number of aromatic nitrogens is 3. The van der Waals surface area contributed by atoms with Crippen LogP contribution in [0.15, 0.2) is 47.4 Å². The molecule has 0 atom stereocenters. The third kappa shape index (κ3) is 3.52. The largest absolute Gasteiger partial charge is 0.504 e. The van der Waals surface area contributed by atoms with Gasteiger partial charge in [-0.3, -0.25) is 9.89 Å². The molecular formula is C17H15N3O3S. The summed E-state index contributed by atoms with van der Waals surface area (Å²) >= 11 is 1.45. The van der Waals surface area contributed by atoms with Gasteiger partial charge < -0.3 is 9.84 Å². The number of allylic oxidation sites excluding steroid dienone is 1. The molecule has 0 saturated heterocycles. The number of carbonyl (C=O) groups is 1. The molecule has 0 aliphatic heterocycles. The molecule has 2 N–H and O–H groups in total. The number of aromatic amines is 1. The van der Waals surface area contributed by atoms with E-state index in [4.69, 9.17) is 4.74 Å². The van der Waals surface area contributed by atoms with Gasteiger partial charge in [-0.1, -0.05) is 12.1 Å². The van der Waals surface area contributed by atoms with Crippen LogP contribution in [0.3, 0.4) is 0 Å². The third-order valence-corrected chi connectivity index (χ3v) is 4.27. The number of H-pyrrole nitrogens is 1. The Labute approximate surface area is 142 Å². The van der Waals surface area contributed by atoms with Gasteiger partial charge in [0.2, 0.25) is 5.82 Å². The number of methoxy groups -OCH3 is 1. The molecule has 0 aliphatic carbocycles. The second kappa shape index (κ2) is 7.10. The summed E-state index contributed by atoms with van der Waals surface area (Å²) in [6, 6.07) is 7.70. The van der Waals surface area contributed by atoms with Crippen LogP contribution in [-0.4, -0.2) is 33.2 Å². The molecule has 1 aromatic carbocycles. The Morgan fingerprint density at radius 2 is 2.12 bits per heavy atom. The average Bonchev–Trinajstić information content (AvgIpc) is 3.27. The van der Waals surface area contributed by atoms with Crippen LogP contribution in [0.2, 0.25) is 0 Å². The molecule has 0 saturated carbocycles. The van der Waals surface area contributed by atoms with Crippen LogP contribution in [0.5, 0.6) is 5.75 Å². The number of benzene rings is 1. The second-order valence-corrected chi connectivity index (χ2v) is 5.80. The quantitative estimate of drug-likeness (QED) is 0.408. The molecular weight excluding hydrogens is 326 g/mol. The normalized spacial score (nSPS) is 11.5. The third-order valence-electron chi connectivity index (χ3n) is 3.47. The van der Waals surface area contributed by atoms with Crippen LogP contribution >= 0.6 is 11.3 Å². The molecule has 6 nitrogen and oxygen atoms in total. The molecule has 0 fully saturated rings. The number of ether oxygens (including phenoxy) is 1. The van der Waals surface area contributed by atoms with Gasteiger partial charge in [0.1, 0.15) is 12.1 Å². The molecule has 0 radical (unpaired) electrons. The van der Waals surface area contributed by atoms with E-state index < -0.39 is 0 Å². The predicted octanol–water partition coefficient (Wildman–Crippen LogP) is 3.25. The number of aliphatic hydroxyl groups excluding tert-OH is 1. The van der Waals surface area contributed by atoms with Crippen LogP contribution in [0, 0.1) is 0 Å². The molecule has 0 unspecified atom stereocenters. The molecule has 0 amide bonds. The van der Waals surface area contributed by atoms with Crippen molar-refractivity contribution < 1.29 is 14.6 Å². The highest BCUT2D eigenvalue weighted by molar-refractivity contribution is 7.08. The van der Waals surface area contributed by atoms with Crippen LogP contribution in [0.25, 0.3) is 5.76 Å². The minimum absolute atomic E-state index is 0.0929. The predicted molar refractivity (Wildman–Crippen MR) is 91.4 cm³/mol. The maximum atomic E-state index is 12.4. The molecule has 3 aromatic rings. The second-order valence-electron chi connectivity index (χ2n) is 5.05. The van der Waals surface area contributed by atoms with Gasteiger partial charge in [0.25, 0.3) is 0 Å².